The molecule has 0 N–H and O–H groups in total. The first-order valence-electron chi connectivity index (χ1n) is 4.88. The largest absolute Gasteiger partial charge is 0.486 e. The van der Waals surface area contributed by atoms with E-state index in [1.165, 1.54) is 0 Å². The number of nitrogens with zero attached hydrogens (tertiary/aromatic N) is 3. The van der Waals surface area contributed by atoms with Crippen molar-refractivity contribution in [2.75, 3.05) is 0 Å². The van der Waals surface area contributed by atoms with Crippen LogP contribution in [-0.2, 0) is 13.7 Å². The van der Waals surface area contributed by atoms with Gasteiger partial charge in [-0.25, -0.2) is 4.98 Å². The summed E-state index contributed by atoms with van der Waals surface area (Å²) in [6, 6.07) is 9.28. The molecule has 0 unspecified atom stereocenters. The summed E-state index contributed by atoms with van der Waals surface area (Å²) < 4.78 is 7.45. The summed E-state index contributed by atoms with van der Waals surface area (Å²) in [5, 5.41) is 8.88. The molecule has 0 amide bonds. The molecule has 80 valence electrons. The molecule has 0 radical (unpaired) electrons. The molecule has 0 atom stereocenters. The lowest BCUT2D eigenvalue weighted by Crippen LogP contribution is -2.01. The van der Waals surface area contributed by atoms with Gasteiger partial charge in [0.2, 0.25) is 0 Å². The Bertz CT molecular complexity index is 525. The number of benzene rings is 1. The first kappa shape index (κ1) is 10.2. The van der Waals surface area contributed by atoms with Gasteiger partial charge >= 0.3 is 0 Å². The zero-order chi connectivity index (χ0) is 11.4. The Morgan fingerprint density at radius 1 is 1.44 bits per heavy atom. The molecule has 1 aromatic heterocycles. The van der Waals surface area contributed by atoms with Gasteiger partial charge in [0.05, 0.1) is 23.8 Å². The SMILES string of the molecule is Cn1cncc1COc1ccccc1C#N. The van der Waals surface area contributed by atoms with Crippen molar-refractivity contribution < 1.29 is 4.74 Å². The zero-order valence-corrected chi connectivity index (χ0v) is 8.92. The van der Waals surface area contributed by atoms with E-state index in [2.05, 4.69) is 11.1 Å². The summed E-state index contributed by atoms with van der Waals surface area (Å²) in [5.41, 5.74) is 1.51. The van der Waals surface area contributed by atoms with Crippen molar-refractivity contribution in [2.24, 2.45) is 7.05 Å². The van der Waals surface area contributed by atoms with E-state index in [1.54, 1.807) is 24.7 Å². The van der Waals surface area contributed by atoms with Crippen molar-refractivity contribution in [3.63, 3.8) is 0 Å². The molecule has 1 heterocycles. The molecule has 4 nitrogen and oxygen atoms in total. The average Bonchev–Trinajstić information content (AvgIpc) is 2.72. The van der Waals surface area contributed by atoms with Gasteiger partial charge in [0.15, 0.2) is 0 Å². The molecule has 0 saturated carbocycles. The maximum atomic E-state index is 8.88. The molecule has 0 aliphatic carbocycles. The van der Waals surface area contributed by atoms with E-state index in [0.717, 1.165) is 5.69 Å². The van der Waals surface area contributed by atoms with Crippen molar-refractivity contribution in [3.05, 3.63) is 48.0 Å². The van der Waals surface area contributed by atoms with E-state index in [1.807, 2.05) is 23.7 Å². The second-order valence-electron chi connectivity index (χ2n) is 3.39. The van der Waals surface area contributed by atoms with Gasteiger partial charge in [0.25, 0.3) is 0 Å². The van der Waals surface area contributed by atoms with Crippen LogP contribution in [0.15, 0.2) is 36.8 Å². The van der Waals surface area contributed by atoms with E-state index in [-0.39, 0.29) is 0 Å². The third-order valence-electron chi connectivity index (χ3n) is 2.30. The number of aryl methyl sites for hydroxylation is 1. The van der Waals surface area contributed by atoms with Gasteiger partial charge in [0, 0.05) is 7.05 Å². The quantitative estimate of drug-likeness (QED) is 0.782. The third-order valence-corrected chi connectivity index (χ3v) is 2.30. The first-order chi connectivity index (χ1) is 7.81. The highest BCUT2D eigenvalue weighted by atomic mass is 16.5. The van der Waals surface area contributed by atoms with Gasteiger partial charge in [-0.2, -0.15) is 5.26 Å². The van der Waals surface area contributed by atoms with Gasteiger partial charge in [-0.05, 0) is 12.1 Å². The Balaban J connectivity index is 2.11. The van der Waals surface area contributed by atoms with Gasteiger partial charge in [-0.1, -0.05) is 12.1 Å². The molecule has 1 aromatic carbocycles. The molecule has 4 heteroatoms. The number of rotatable bonds is 3. The van der Waals surface area contributed by atoms with E-state index in [4.69, 9.17) is 10.00 Å². The van der Waals surface area contributed by atoms with Crippen LogP contribution in [0.3, 0.4) is 0 Å². The fraction of sp³-hybridized carbons (Fsp3) is 0.167. The molecule has 0 saturated heterocycles. The number of imidazole rings is 1. The van der Waals surface area contributed by atoms with Crippen LogP contribution < -0.4 is 4.74 Å². The third kappa shape index (κ3) is 2.04. The maximum Gasteiger partial charge on any atom is 0.137 e. The fourth-order valence-corrected chi connectivity index (χ4v) is 1.36. The molecule has 0 bridgehead atoms. The number of nitriles is 1. The van der Waals surface area contributed by atoms with Crippen LogP contribution in [-0.4, -0.2) is 9.55 Å². The second-order valence-corrected chi connectivity index (χ2v) is 3.39. The summed E-state index contributed by atoms with van der Waals surface area (Å²) in [7, 11) is 1.90. The second kappa shape index (κ2) is 4.49. The highest BCUT2D eigenvalue weighted by Gasteiger charge is 2.03. The van der Waals surface area contributed by atoms with E-state index in [9.17, 15) is 0 Å². The summed E-state index contributed by atoms with van der Waals surface area (Å²) in [4.78, 5) is 3.99. The maximum absolute atomic E-state index is 8.88. The van der Waals surface area contributed by atoms with Crippen LogP contribution in [0.5, 0.6) is 5.75 Å². The summed E-state index contributed by atoms with van der Waals surface area (Å²) >= 11 is 0. The van der Waals surface area contributed by atoms with E-state index < -0.39 is 0 Å². The number of para-hydroxylation sites is 1. The minimum absolute atomic E-state index is 0.412. The summed E-state index contributed by atoms with van der Waals surface area (Å²) in [6.07, 6.45) is 3.46. The molecule has 0 aliphatic heterocycles. The van der Waals surface area contributed by atoms with Crippen molar-refractivity contribution >= 4 is 0 Å². The van der Waals surface area contributed by atoms with E-state index in [0.29, 0.717) is 17.9 Å². The molecule has 0 spiro atoms. The Hall–Kier alpha value is -2.28. The van der Waals surface area contributed by atoms with Crippen LogP contribution in [0, 0.1) is 11.3 Å². The lowest BCUT2D eigenvalue weighted by Gasteiger charge is -2.07. The lowest BCUT2D eigenvalue weighted by molar-refractivity contribution is 0.296. The van der Waals surface area contributed by atoms with Gasteiger partial charge in [0.1, 0.15) is 18.4 Å². The highest BCUT2D eigenvalue weighted by molar-refractivity contribution is 5.42. The van der Waals surface area contributed by atoms with Gasteiger partial charge in [-0.3, -0.25) is 0 Å². The predicted octanol–water partition coefficient (Wildman–Crippen LogP) is 1.87. The van der Waals surface area contributed by atoms with Crippen LogP contribution in [0.2, 0.25) is 0 Å². The summed E-state index contributed by atoms with van der Waals surface area (Å²) in [6.45, 7) is 0.412. The summed E-state index contributed by atoms with van der Waals surface area (Å²) in [5.74, 6) is 0.603. The van der Waals surface area contributed by atoms with E-state index >= 15 is 0 Å². The smallest absolute Gasteiger partial charge is 0.137 e. The van der Waals surface area contributed by atoms with Crippen LogP contribution in [0.4, 0.5) is 0 Å². The van der Waals surface area contributed by atoms with Crippen LogP contribution in [0.1, 0.15) is 11.3 Å². The van der Waals surface area contributed by atoms with Gasteiger partial charge in [-0.15, -0.1) is 0 Å². The molecular weight excluding hydrogens is 202 g/mol. The Morgan fingerprint density at radius 2 is 2.25 bits per heavy atom. The normalized spacial score (nSPS) is 9.75. The molecule has 2 aromatic rings. The van der Waals surface area contributed by atoms with Crippen molar-refractivity contribution in [3.8, 4) is 11.8 Å². The number of hydrogen-bond donors (Lipinski definition) is 0. The number of ether oxygens (including phenoxy) is 1. The first-order valence-corrected chi connectivity index (χ1v) is 4.88. The van der Waals surface area contributed by atoms with Crippen molar-refractivity contribution in [2.45, 2.75) is 6.61 Å². The number of hydrogen-bond acceptors (Lipinski definition) is 3. The highest BCUT2D eigenvalue weighted by Crippen LogP contribution is 2.17. The average molecular weight is 213 g/mol. The predicted molar refractivity (Wildman–Crippen MR) is 58.7 cm³/mol. The Labute approximate surface area is 93.7 Å². The topological polar surface area (TPSA) is 50.8 Å². The van der Waals surface area contributed by atoms with Crippen LogP contribution in [0.25, 0.3) is 0 Å². The van der Waals surface area contributed by atoms with Gasteiger partial charge < -0.3 is 9.30 Å². The van der Waals surface area contributed by atoms with Crippen molar-refractivity contribution in [1.29, 1.82) is 5.26 Å². The molecule has 0 fully saturated rings. The van der Waals surface area contributed by atoms with Crippen molar-refractivity contribution in [1.82, 2.24) is 9.55 Å². The molecule has 0 aliphatic rings. The molecule has 16 heavy (non-hydrogen) atoms. The molecule has 2 rings (SSSR count). The lowest BCUT2D eigenvalue weighted by atomic mass is 10.2. The van der Waals surface area contributed by atoms with Crippen LogP contribution >= 0.6 is 0 Å². The molecular formula is C12H11N3O. The fourth-order valence-electron chi connectivity index (χ4n) is 1.36. The zero-order valence-electron chi connectivity index (χ0n) is 8.92. The minimum Gasteiger partial charge on any atom is -0.486 e. The number of aromatic nitrogens is 2. The standard InChI is InChI=1S/C12H11N3O/c1-15-9-14-7-11(15)8-16-12-5-3-2-4-10(12)6-13/h2-5,7,9H,8H2,1H3. The Morgan fingerprint density at radius 3 is 2.94 bits per heavy atom. The monoisotopic (exact) mass is 213 g/mol. The Kier molecular flexibility index (Phi) is 2.88. The minimum atomic E-state index is 0.412.